The summed E-state index contributed by atoms with van der Waals surface area (Å²) < 4.78 is 0. The van der Waals surface area contributed by atoms with Crippen LogP contribution >= 0.6 is 0 Å². The molecule has 0 atom stereocenters. The van der Waals surface area contributed by atoms with Crippen LogP contribution < -0.4 is 0 Å². The van der Waals surface area contributed by atoms with Crippen LogP contribution in [0.1, 0.15) is 0 Å². The lowest BCUT2D eigenvalue weighted by molar-refractivity contribution is 1.19. The maximum atomic E-state index is 5.40. The van der Waals surface area contributed by atoms with Crippen molar-refractivity contribution < 1.29 is 0 Å². The van der Waals surface area contributed by atoms with Gasteiger partial charge >= 0.3 is 0 Å². The number of nitrogens with zero attached hydrogens (tertiary/aromatic N) is 3. The topological polar surface area (TPSA) is 38.7 Å². The zero-order valence-electron chi connectivity index (χ0n) is 30.4. The van der Waals surface area contributed by atoms with Crippen molar-refractivity contribution in [2.45, 2.75) is 0 Å². The number of benzene rings is 8. The van der Waals surface area contributed by atoms with Crippen LogP contribution in [0.15, 0.2) is 200 Å². The molecule has 3 heteroatoms. The lowest BCUT2D eigenvalue weighted by Gasteiger charge is -2.20. The third-order valence-corrected chi connectivity index (χ3v) is 11.1. The molecule has 0 bridgehead atoms. The molecule has 0 saturated carbocycles. The van der Waals surface area contributed by atoms with Gasteiger partial charge < -0.3 is 0 Å². The SMILES string of the molecule is c1ccc(-c2cc(-c3ccccc3-c3ccccn3)nc(-c3ccc4c5c(cccc35)-c3c-4c(-c4ccccc4)c4ccccc4c3-c3ccccc3)n2)cc1. The van der Waals surface area contributed by atoms with Crippen LogP contribution in [0.5, 0.6) is 0 Å². The van der Waals surface area contributed by atoms with E-state index in [4.69, 9.17) is 15.0 Å². The molecule has 0 N–H and O–H groups in total. The molecule has 0 spiro atoms. The van der Waals surface area contributed by atoms with Gasteiger partial charge in [0.15, 0.2) is 5.82 Å². The van der Waals surface area contributed by atoms with Gasteiger partial charge in [-0.2, -0.15) is 0 Å². The number of hydrogen-bond acceptors (Lipinski definition) is 3. The molecule has 0 radical (unpaired) electrons. The quantitative estimate of drug-likeness (QED) is 0.172. The van der Waals surface area contributed by atoms with E-state index in [1.807, 2.05) is 24.4 Å². The van der Waals surface area contributed by atoms with Crippen LogP contribution in [0.3, 0.4) is 0 Å². The fourth-order valence-corrected chi connectivity index (χ4v) is 8.72. The highest BCUT2D eigenvalue weighted by Gasteiger charge is 2.31. The van der Waals surface area contributed by atoms with Crippen molar-refractivity contribution in [1.29, 1.82) is 0 Å². The maximum Gasteiger partial charge on any atom is 0.161 e. The smallest absolute Gasteiger partial charge is 0.161 e. The first-order valence-electron chi connectivity index (χ1n) is 19.0. The van der Waals surface area contributed by atoms with Gasteiger partial charge in [-0.15, -0.1) is 0 Å². The molecule has 11 rings (SSSR count). The van der Waals surface area contributed by atoms with Crippen LogP contribution in [0, 0.1) is 0 Å². The van der Waals surface area contributed by atoms with Gasteiger partial charge in [0, 0.05) is 28.5 Å². The van der Waals surface area contributed by atoms with E-state index in [0.717, 1.165) is 44.7 Å². The Hall–Kier alpha value is -7.49. The lowest BCUT2D eigenvalue weighted by atomic mass is 9.82. The molecule has 56 heavy (non-hydrogen) atoms. The molecule has 0 unspecified atom stereocenters. The van der Waals surface area contributed by atoms with Crippen molar-refractivity contribution in [1.82, 2.24) is 15.0 Å². The van der Waals surface area contributed by atoms with Gasteiger partial charge in [0.25, 0.3) is 0 Å². The standard InChI is InChI=1S/C53H33N3/c1-4-17-34(18-5-1)46-33-47(38-24-11-10-23-37(38)45-29-14-15-32-54-45)56-53(55-46)42-30-31-44-50-41(42)27-16-28-43(50)51-48(35-19-6-2-7-20-35)39-25-12-13-26-40(39)49(52(44)51)36-21-8-3-9-22-36/h1-33H. The van der Waals surface area contributed by atoms with E-state index >= 15 is 0 Å². The van der Waals surface area contributed by atoms with Gasteiger partial charge in [0.2, 0.25) is 0 Å². The van der Waals surface area contributed by atoms with E-state index in [1.165, 1.54) is 60.7 Å². The average Bonchev–Trinajstić information content (AvgIpc) is 3.61. The van der Waals surface area contributed by atoms with Gasteiger partial charge in [-0.1, -0.05) is 170 Å². The van der Waals surface area contributed by atoms with E-state index in [9.17, 15) is 0 Å². The number of hydrogen-bond donors (Lipinski definition) is 0. The second-order valence-corrected chi connectivity index (χ2v) is 14.3. The lowest BCUT2D eigenvalue weighted by Crippen LogP contribution is -1.98. The largest absolute Gasteiger partial charge is 0.256 e. The molecule has 0 saturated heterocycles. The molecule has 0 fully saturated rings. The Morgan fingerprint density at radius 1 is 0.286 bits per heavy atom. The van der Waals surface area contributed by atoms with Crippen LogP contribution in [-0.2, 0) is 0 Å². The number of rotatable bonds is 6. The zero-order valence-corrected chi connectivity index (χ0v) is 30.4. The Balaban J connectivity index is 1.21. The maximum absolute atomic E-state index is 5.40. The highest BCUT2D eigenvalue weighted by molar-refractivity contribution is 6.28. The average molecular weight is 712 g/mol. The van der Waals surface area contributed by atoms with Gasteiger partial charge in [0.05, 0.1) is 17.1 Å². The molecule has 1 aliphatic rings. The van der Waals surface area contributed by atoms with E-state index in [1.54, 1.807) is 0 Å². The summed E-state index contributed by atoms with van der Waals surface area (Å²) in [6.45, 7) is 0. The predicted octanol–water partition coefficient (Wildman–Crippen LogP) is 13.8. The summed E-state index contributed by atoms with van der Waals surface area (Å²) in [4.78, 5) is 15.4. The Kier molecular flexibility index (Phi) is 7.49. The van der Waals surface area contributed by atoms with Crippen molar-refractivity contribution >= 4 is 21.5 Å². The summed E-state index contributed by atoms with van der Waals surface area (Å²) in [7, 11) is 0. The van der Waals surface area contributed by atoms with E-state index in [0.29, 0.717) is 5.82 Å². The van der Waals surface area contributed by atoms with Crippen LogP contribution in [0.4, 0.5) is 0 Å². The van der Waals surface area contributed by atoms with Gasteiger partial charge in [-0.05, 0) is 90.3 Å². The van der Waals surface area contributed by atoms with Gasteiger partial charge in [-0.25, -0.2) is 9.97 Å². The Labute approximate surface area is 325 Å². The van der Waals surface area contributed by atoms with Crippen molar-refractivity contribution in [3.63, 3.8) is 0 Å². The molecule has 2 aromatic heterocycles. The van der Waals surface area contributed by atoms with Gasteiger partial charge in [-0.3, -0.25) is 4.98 Å². The summed E-state index contributed by atoms with van der Waals surface area (Å²) in [5.41, 5.74) is 16.7. The highest BCUT2D eigenvalue weighted by atomic mass is 14.9. The minimum absolute atomic E-state index is 0.688. The minimum Gasteiger partial charge on any atom is -0.256 e. The number of pyridine rings is 1. The Morgan fingerprint density at radius 3 is 1.39 bits per heavy atom. The molecular formula is C53H33N3. The molecule has 0 amide bonds. The third kappa shape index (κ3) is 5.09. The summed E-state index contributed by atoms with van der Waals surface area (Å²) in [6, 6.07) is 68.8. The second-order valence-electron chi connectivity index (χ2n) is 14.3. The van der Waals surface area contributed by atoms with E-state index < -0.39 is 0 Å². The molecule has 0 aliphatic heterocycles. The van der Waals surface area contributed by atoms with Crippen LogP contribution in [-0.4, -0.2) is 15.0 Å². The zero-order chi connectivity index (χ0) is 37.0. The van der Waals surface area contributed by atoms with Crippen molar-refractivity contribution in [3.8, 4) is 89.7 Å². The normalized spacial score (nSPS) is 11.6. The monoisotopic (exact) mass is 711 g/mol. The highest BCUT2D eigenvalue weighted by Crippen LogP contribution is 2.58. The van der Waals surface area contributed by atoms with Crippen LogP contribution in [0.25, 0.3) is 111 Å². The van der Waals surface area contributed by atoms with Gasteiger partial charge in [0.1, 0.15) is 0 Å². The minimum atomic E-state index is 0.688. The number of fused-ring (bicyclic) bond motifs is 4. The van der Waals surface area contributed by atoms with Crippen molar-refractivity contribution in [2.24, 2.45) is 0 Å². The summed E-state index contributed by atoms with van der Waals surface area (Å²) in [5, 5.41) is 4.86. The first-order valence-corrected chi connectivity index (χ1v) is 19.0. The van der Waals surface area contributed by atoms with E-state index in [-0.39, 0.29) is 0 Å². The van der Waals surface area contributed by atoms with Crippen molar-refractivity contribution in [2.75, 3.05) is 0 Å². The molecular weight excluding hydrogens is 679 g/mol. The molecule has 8 aromatic carbocycles. The summed E-state index contributed by atoms with van der Waals surface area (Å²) in [6.07, 6.45) is 1.84. The molecule has 10 aromatic rings. The summed E-state index contributed by atoms with van der Waals surface area (Å²) >= 11 is 0. The fraction of sp³-hybridized carbons (Fsp3) is 0. The first kappa shape index (κ1) is 32.0. The van der Waals surface area contributed by atoms with Crippen molar-refractivity contribution in [3.05, 3.63) is 200 Å². The Bertz CT molecular complexity index is 3010. The predicted molar refractivity (Wildman–Crippen MR) is 232 cm³/mol. The molecule has 260 valence electrons. The fourth-order valence-electron chi connectivity index (χ4n) is 8.72. The van der Waals surface area contributed by atoms with Crippen LogP contribution in [0.2, 0.25) is 0 Å². The number of aromatic nitrogens is 3. The Morgan fingerprint density at radius 2 is 0.768 bits per heavy atom. The van der Waals surface area contributed by atoms with E-state index in [2.05, 4.69) is 176 Å². The second kappa shape index (κ2) is 13.1. The molecule has 1 aliphatic carbocycles. The third-order valence-electron chi connectivity index (χ3n) is 11.1. The molecule has 3 nitrogen and oxygen atoms in total. The summed E-state index contributed by atoms with van der Waals surface area (Å²) in [5.74, 6) is 0.688. The first-order chi connectivity index (χ1) is 27.8. The molecule has 2 heterocycles.